The number of methoxy groups -OCH3 is 1. The zero-order valence-corrected chi connectivity index (χ0v) is 11.4. The molecule has 0 aliphatic carbocycles. The average Bonchev–Trinajstić information content (AvgIpc) is 2.83. The number of nitrogens with zero attached hydrogens (tertiary/aromatic N) is 1. The Hall–Kier alpha value is -2.23. The number of nitrogens with two attached hydrogens (primary N) is 1. The molecule has 0 aliphatic heterocycles. The van der Waals surface area contributed by atoms with Crippen molar-refractivity contribution in [2.75, 3.05) is 12.8 Å². The lowest BCUT2D eigenvalue weighted by Gasteiger charge is -2.10. The van der Waals surface area contributed by atoms with Crippen LogP contribution in [0.1, 0.15) is 30.4 Å². The number of hydrogen-bond acceptors (Lipinski definition) is 3. The second-order valence-electron chi connectivity index (χ2n) is 4.69. The molecule has 0 spiro atoms. The molecule has 0 fully saturated rings. The smallest absolute Gasteiger partial charge is 0.354 e. The molecule has 4 heteroatoms. The van der Waals surface area contributed by atoms with Crippen molar-refractivity contribution in [3.8, 4) is 11.1 Å². The van der Waals surface area contributed by atoms with Gasteiger partial charge in [-0.2, -0.15) is 0 Å². The van der Waals surface area contributed by atoms with Gasteiger partial charge in [0.15, 0.2) is 0 Å². The van der Waals surface area contributed by atoms with Crippen molar-refractivity contribution in [1.29, 1.82) is 0 Å². The van der Waals surface area contributed by atoms with Gasteiger partial charge in [-0.25, -0.2) is 4.79 Å². The molecule has 0 unspecified atom stereocenters. The SMILES string of the molecule is COC(=O)c1cc(-c2ccccc2N)cn1C(C)C. The lowest BCUT2D eigenvalue weighted by Crippen LogP contribution is -2.11. The van der Waals surface area contributed by atoms with Crippen LogP contribution in [0.2, 0.25) is 0 Å². The number of anilines is 1. The summed E-state index contributed by atoms with van der Waals surface area (Å²) >= 11 is 0. The summed E-state index contributed by atoms with van der Waals surface area (Å²) < 4.78 is 6.71. The lowest BCUT2D eigenvalue weighted by molar-refractivity contribution is 0.0587. The summed E-state index contributed by atoms with van der Waals surface area (Å²) in [6, 6.07) is 9.59. The minimum absolute atomic E-state index is 0.174. The Balaban J connectivity index is 2.55. The van der Waals surface area contributed by atoms with E-state index in [9.17, 15) is 4.79 Å². The first-order chi connectivity index (χ1) is 9.04. The normalized spacial score (nSPS) is 10.7. The van der Waals surface area contributed by atoms with E-state index in [0.29, 0.717) is 11.4 Å². The van der Waals surface area contributed by atoms with Gasteiger partial charge >= 0.3 is 5.97 Å². The van der Waals surface area contributed by atoms with Gasteiger partial charge in [0.25, 0.3) is 0 Å². The third kappa shape index (κ3) is 2.47. The Kier molecular flexibility index (Phi) is 3.60. The maximum absolute atomic E-state index is 11.8. The van der Waals surface area contributed by atoms with Gasteiger partial charge in [0.2, 0.25) is 0 Å². The quantitative estimate of drug-likeness (QED) is 0.679. The fourth-order valence-electron chi connectivity index (χ4n) is 2.08. The van der Waals surface area contributed by atoms with Gasteiger partial charge in [-0.15, -0.1) is 0 Å². The van der Waals surface area contributed by atoms with E-state index in [-0.39, 0.29) is 12.0 Å². The number of hydrogen-bond donors (Lipinski definition) is 1. The van der Waals surface area contributed by atoms with Crippen LogP contribution >= 0.6 is 0 Å². The molecule has 4 nitrogen and oxygen atoms in total. The Morgan fingerprint density at radius 3 is 2.58 bits per heavy atom. The molecule has 2 rings (SSSR count). The number of carbonyl (C=O) groups is 1. The van der Waals surface area contributed by atoms with E-state index < -0.39 is 0 Å². The molecular weight excluding hydrogens is 240 g/mol. The highest BCUT2D eigenvalue weighted by Gasteiger charge is 2.17. The van der Waals surface area contributed by atoms with Crippen molar-refractivity contribution in [3.63, 3.8) is 0 Å². The summed E-state index contributed by atoms with van der Waals surface area (Å²) in [5.74, 6) is -0.338. The van der Waals surface area contributed by atoms with Gasteiger partial charge < -0.3 is 15.0 Å². The first kappa shape index (κ1) is 13.2. The zero-order chi connectivity index (χ0) is 14.0. The van der Waals surface area contributed by atoms with Crippen LogP contribution in [0.4, 0.5) is 5.69 Å². The molecule has 0 radical (unpaired) electrons. The monoisotopic (exact) mass is 258 g/mol. The molecule has 0 bridgehead atoms. The van der Waals surface area contributed by atoms with E-state index in [1.54, 1.807) is 0 Å². The van der Waals surface area contributed by atoms with Crippen LogP contribution in [0.25, 0.3) is 11.1 Å². The first-order valence-electron chi connectivity index (χ1n) is 6.19. The summed E-state index contributed by atoms with van der Waals surface area (Å²) in [6.45, 7) is 4.04. The number of carbonyl (C=O) groups excluding carboxylic acids is 1. The zero-order valence-electron chi connectivity index (χ0n) is 11.4. The Morgan fingerprint density at radius 1 is 1.32 bits per heavy atom. The van der Waals surface area contributed by atoms with Crippen LogP contribution in [0.15, 0.2) is 36.5 Å². The van der Waals surface area contributed by atoms with Gasteiger partial charge in [0.05, 0.1) is 7.11 Å². The first-order valence-corrected chi connectivity index (χ1v) is 6.19. The Labute approximate surface area is 112 Å². The third-order valence-corrected chi connectivity index (χ3v) is 3.07. The van der Waals surface area contributed by atoms with Crippen LogP contribution in [0.3, 0.4) is 0 Å². The Bertz CT molecular complexity index is 600. The molecule has 19 heavy (non-hydrogen) atoms. The van der Waals surface area contributed by atoms with Crippen molar-refractivity contribution >= 4 is 11.7 Å². The predicted molar refractivity (Wildman–Crippen MR) is 76.0 cm³/mol. The molecule has 1 aromatic heterocycles. The van der Waals surface area contributed by atoms with Crippen molar-refractivity contribution in [3.05, 3.63) is 42.2 Å². The Morgan fingerprint density at radius 2 is 2.00 bits per heavy atom. The van der Waals surface area contributed by atoms with Gasteiger partial charge in [0, 0.05) is 29.1 Å². The number of ether oxygens (including phenoxy) is 1. The van der Waals surface area contributed by atoms with Crippen LogP contribution in [-0.4, -0.2) is 17.6 Å². The van der Waals surface area contributed by atoms with E-state index in [1.165, 1.54) is 7.11 Å². The molecule has 0 amide bonds. The molecule has 0 saturated carbocycles. The van der Waals surface area contributed by atoms with Crippen LogP contribution in [0, 0.1) is 0 Å². The number of nitrogen functional groups attached to an aromatic ring is 1. The molecule has 2 aromatic rings. The van der Waals surface area contributed by atoms with Crippen molar-refractivity contribution < 1.29 is 9.53 Å². The summed E-state index contributed by atoms with van der Waals surface area (Å²) in [4.78, 5) is 11.8. The summed E-state index contributed by atoms with van der Waals surface area (Å²) in [7, 11) is 1.39. The van der Waals surface area contributed by atoms with E-state index in [1.807, 2.05) is 54.9 Å². The molecule has 0 saturated heterocycles. The highest BCUT2D eigenvalue weighted by Crippen LogP contribution is 2.29. The highest BCUT2D eigenvalue weighted by atomic mass is 16.5. The molecule has 0 aliphatic rings. The fourth-order valence-corrected chi connectivity index (χ4v) is 2.08. The second-order valence-corrected chi connectivity index (χ2v) is 4.69. The standard InChI is InChI=1S/C15H18N2O2/c1-10(2)17-9-11(8-14(17)15(18)19-3)12-6-4-5-7-13(12)16/h4-10H,16H2,1-3H3. The van der Waals surface area contributed by atoms with Crippen LogP contribution in [0.5, 0.6) is 0 Å². The predicted octanol–water partition coefficient (Wildman–Crippen LogP) is 3.10. The minimum Gasteiger partial charge on any atom is -0.464 e. The van der Waals surface area contributed by atoms with Gasteiger partial charge in [0.1, 0.15) is 5.69 Å². The fraction of sp³-hybridized carbons (Fsp3) is 0.267. The van der Waals surface area contributed by atoms with Crippen LogP contribution in [-0.2, 0) is 4.74 Å². The summed E-state index contributed by atoms with van der Waals surface area (Å²) in [5, 5.41) is 0. The van der Waals surface area contributed by atoms with Crippen molar-refractivity contribution in [2.24, 2.45) is 0 Å². The molecule has 1 aromatic carbocycles. The summed E-state index contributed by atoms with van der Waals surface area (Å²) in [6.07, 6.45) is 1.93. The van der Waals surface area contributed by atoms with Crippen LogP contribution < -0.4 is 5.73 Å². The molecule has 2 N–H and O–H groups in total. The third-order valence-electron chi connectivity index (χ3n) is 3.07. The van der Waals surface area contributed by atoms with E-state index in [2.05, 4.69) is 0 Å². The molecule has 0 atom stereocenters. The van der Waals surface area contributed by atoms with Gasteiger partial charge in [-0.3, -0.25) is 0 Å². The maximum Gasteiger partial charge on any atom is 0.354 e. The average molecular weight is 258 g/mol. The highest BCUT2D eigenvalue weighted by molar-refractivity contribution is 5.91. The lowest BCUT2D eigenvalue weighted by atomic mass is 10.1. The molecule has 100 valence electrons. The largest absolute Gasteiger partial charge is 0.464 e. The minimum atomic E-state index is -0.338. The van der Waals surface area contributed by atoms with Gasteiger partial charge in [-0.1, -0.05) is 18.2 Å². The molecule has 1 heterocycles. The topological polar surface area (TPSA) is 57.2 Å². The van der Waals surface area contributed by atoms with E-state index >= 15 is 0 Å². The van der Waals surface area contributed by atoms with Gasteiger partial charge in [-0.05, 0) is 26.0 Å². The second kappa shape index (κ2) is 5.18. The van der Waals surface area contributed by atoms with E-state index in [4.69, 9.17) is 10.5 Å². The molecular formula is C15H18N2O2. The number of para-hydroxylation sites is 1. The maximum atomic E-state index is 11.8. The number of rotatable bonds is 3. The number of aromatic nitrogens is 1. The van der Waals surface area contributed by atoms with E-state index in [0.717, 1.165) is 11.1 Å². The number of benzene rings is 1. The number of esters is 1. The van der Waals surface area contributed by atoms with Crippen molar-refractivity contribution in [2.45, 2.75) is 19.9 Å². The summed E-state index contributed by atoms with van der Waals surface area (Å²) in [5.41, 5.74) is 9.05. The van der Waals surface area contributed by atoms with Crippen molar-refractivity contribution in [1.82, 2.24) is 4.57 Å².